The smallest absolute Gasteiger partial charge is 0.136 e. The Kier molecular flexibility index (Phi) is 1.81. The minimum Gasteiger partial charge on any atom is -0.300 e. The van der Waals surface area contributed by atoms with Crippen molar-refractivity contribution in [2.45, 2.75) is 12.8 Å². The summed E-state index contributed by atoms with van der Waals surface area (Å²) in [5, 5.41) is 6.17. The Morgan fingerprint density at radius 1 is 1.33 bits per heavy atom. The number of carbonyl (C=O) groups excluding carboxylic acids is 1. The fraction of sp³-hybridized carbons (Fsp3) is 0.500. The highest BCUT2D eigenvalue weighted by atomic mass is 16.1. The van der Waals surface area contributed by atoms with Gasteiger partial charge in [0.05, 0.1) is 6.20 Å². The average molecular weight is 165 g/mol. The summed E-state index contributed by atoms with van der Waals surface area (Å²) >= 11 is 0. The van der Waals surface area contributed by atoms with Gasteiger partial charge < -0.3 is 0 Å². The molecule has 0 N–H and O–H groups in total. The maximum absolute atomic E-state index is 10.9. The molecular formula is C8H11N3O. The van der Waals surface area contributed by atoms with E-state index >= 15 is 0 Å². The largest absolute Gasteiger partial charge is 0.300 e. The molecule has 4 heteroatoms. The maximum Gasteiger partial charge on any atom is 0.136 e. The zero-order valence-electron chi connectivity index (χ0n) is 6.81. The minimum atomic E-state index is 0.360. The van der Waals surface area contributed by atoms with Gasteiger partial charge >= 0.3 is 0 Å². The van der Waals surface area contributed by atoms with Crippen LogP contribution in [-0.4, -0.2) is 28.8 Å². The second kappa shape index (κ2) is 2.97. The molecule has 0 amide bonds. The first kappa shape index (κ1) is 7.34. The van der Waals surface area contributed by atoms with E-state index < -0.39 is 0 Å². The van der Waals surface area contributed by atoms with Crippen molar-refractivity contribution in [2.75, 3.05) is 18.1 Å². The van der Waals surface area contributed by atoms with Crippen LogP contribution in [0.3, 0.4) is 0 Å². The van der Waals surface area contributed by atoms with Crippen LogP contribution in [0, 0.1) is 0 Å². The number of nitrogens with zero attached hydrogens (tertiary/aromatic N) is 3. The van der Waals surface area contributed by atoms with Crippen molar-refractivity contribution >= 4 is 5.78 Å². The molecule has 2 heterocycles. The fourth-order valence-electron chi connectivity index (χ4n) is 1.38. The molecule has 4 nitrogen and oxygen atoms in total. The molecule has 0 spiro atoms. The van der Waals surface area contributed by atoms with Gasteiger partial charge in [-0.2, -0.15) is 9.89 Å². The first-order valence-electron chi connectivity index (χ1n) is 4.13. The van der Waals surface area contributed by atoms with Gasteiger partial charge in [-0.15, -0.1) is 0 Å². The van der Waals surface area contributed by atoms with Gasteiger partial charge in [0, 0.05) is 32.1 Å². The molecule has 1 aromatic heterocycles. The molecule has 64 valence electrons. The van der Waals surface area contributed by atoms with Crippen LogP contribution in [0.5, 0.6) is 0 Å². The van der Waals surface area contributed by atoms with Crippen molar-refractivity contribution in [1.82, 2.24) is 9.89 Å². The molecule has 0 bridgehead atoms. The lowest BCUT2D eigenvalue weighted by Crippen LogP contribution is -2.42. The molecule has 0 radical (unpaired) electrons. The molecule has 2 rings (SSSR count). The highest BCUT2D eigenvalue weighted by Crippen LogP contribution is 2.03. The number of aromatic nitrogens is 2. The maximum atomic E-state index is 10.9. The Balaban J connectivity index is 2.03. The SMILES string of the molecule is O=C1CCN(n2cccn2)CC1. The third-order valence-electron chi connectivity index (χ3n) is 2.08. The Morgan fingerprint density at radius 3 is 2.67 bits per heavy atom. The van der Waals surface area contributed by atoms with Gasteiger partial charge in [0.2, 0.25) is 0 Å². The quantitative estimate of drug-likeness (QED) is 0.596. The summed E-state index contributed by atoms with van der Waals surface area (Å²) < 4.78 is 0. The van der Waals surface area contributed by atoms with E-state index in [1.807, 2.05) is 12.3 Å². The molecule has 0 unspecified atom stereocenters. The zero-order valence-corrected chi connectivity index (χ0v) is 6.81. The summed E-state index contributed by atoms with van der Waals surface area (Å²) in [6, 6.07) is 1.89. The predicted molar refractivity (Wildman–Crippen MR) is 44.4 cm³/mol. The van der Waals surface area contributed by atoms with E-state index in [0.29, 0.717) is 18.6 Å². The van der Waals surface area contributed by atoms with E-state index in [9.17, 15) is 4.79 Å². The van der Waals surface area contributed by atoms with Crippen molar-refractivity contribution in [1.29, 1.82) is 0 Å². The molecule has 0 aromatic carbocycles. The monoisotopic (exact) mass is 165 g/mol. The second-order valence-corrected chi connectivity index (χ2v) is 2.92. The lowest BCUT2D eigenvalue weighted by atomic mass is 10.1. The number of rotatable bonds is 1. The molecule has 0 atom stereocenters. The van der Waals surface area contributed by atoms with Crippen LogP contribution in [0.15, 0.2) is 18.5 Å². The number of hydrogen-bond acceptors (Lipinski definition) is 3. The Hall–Kier alpha value is -1.32. The highest BCUT2D eigenvalue weighted by molar-refractivity contribution is 5.80. The third-order valence-corrected chi connectivity index (χ3v) is 2.08. The van der Waals surface area contributed by atoms with Crippen molar-refractivity contribution < 1.29 is 4.79 Å². The number of piperidine rings is 1. The van der Waals surface area contributed by atoms with Gasteiger partial charge in [0.1, 0.15) is 5.78 Å². The van der Waals surface area contributed by atoms with Crippen LogP contribution in [0.1, 0.15) is 12.8 Å². The van der Waals surface area contributed by atoms with Crippen molar-refractivity contribution in [3.05, 3.63) is 18.5 Å². The lowest BCUT2D eigenvalue weighted by Gasteiger charge is -2.27. The van der Waals surface area contributed by atoms with Gasteiger partial charge in [-0.25, -0.2) is 0 Å². The van der Waals surface area contributed by atoms with Crippen molar-refractivity contribution in [2.24, 2.45) is 0 Å². The molecule has 1 saturated heterocycles. The van der Waals surface area contributed by atoms with Crippen molar-refractivity contribution in [3.8, 4) is 0 Å². The minimum absolute atomic E-state index is 0.360. The molecule has 1 aromatic rings. The van der Waals surface area contributed by atoms with Crippen LogP contribution < -0.4 is 5.01 Å². The Morgan fingerprint density at radius 2 is 2.08 bits per heavy atom. The second-order valence-electron chi connectivity index (χ2n) is 2.92. The molecular weight excluding hydrogens is 154 g/mol. The van der Waals surface area contributed by atoms with Gasteiger partial charge in [-0.3, -0.25) is 9.80 Å². The van der Waals surface area contributed by atoms with Crippen LogP contribution in [0.4, 0.5) is 0 Å². The highest BCUT2D eigenvalue weighted by Gasteiger charge is 2.15. The standard InChI is InChI=1S/C8H11N3O/c12-8-2-6-10(7-3-8)11-5-1-4-9-11/h1,4-5H,2-3,6-7H2. The lowest BCUT2D eigenvalue weighted by molar-refractivity contribution is -0.119. The van der Waals surface area contributed by atoms with Crippen LogP contribution >= 0.6 is 0 Å². The Bertz CT molecular complexity index is 258. The summed E-state index contributed by atoms with van der Waals surface area (Å²) in [7, 11) is 0. The summed E-state index contributed by atoms with van der Waals surface area (Å²) in [5.41, 5.74) is 0. The van der Waals surface area contributed by atoms with Crippen LogP contribution in [-0.2, 0) is 4.79 Å². The van der Waals surface area contributed by atoms with Crippen LogP contribution in [0.25, 0.3) is 0 Å². The molecule has 0 saturated carbocycles. The molecule has 1 fully saturated rings. The number of Topliss-reactive ketones (excluding diaryl/α,β-unsaturated/α-hetero) is 1. The summed E-state index contributed by atoms with van der Waals surface area (Å²) in [6.07, 6.45) is 4.95. The first-order chi connectivity index (χ1) is 5.86. The average Bonchev–Trinajstić information content (AvgIpc) is 2.58. The fourth-order valence-corrected chi connectivity index (χ4v) is 1.38. The van der Waals surface area contributed by atoms with E-state index in [1.165, 1.54) is 0 Å². The van der Waals surface area contributed by atoms with Gasteiger partial charge in [-0.05, 0) is 6.07 Å². The van der Waals surface area contributed by atoms with Gasteiger partial charge in [-0.1, -0.05) is 0 Å². The summed E-state index contributed by atoms with van der Waals surface area (Å²) in [6.45, 7) is 1.58. The zero-order chi connectivity index (χ0) is 8.39. The van der Waals surface area contributed by atoms with E-state index in [0.717, 1.165) is 13.1 Å². The van der Waals surface area contributed by atoms with Gasteiger partial charge in [0.15, 0.2) is 0 Å². The number of carbonyl (C=O) groups is 1. The van der Waals surface area contributed by atoms with E-state index in [1.54, 1.807) is 11.0 Å². The third kappa shape index (κ3) is 1.32. The van der Waals surface area contributed by atoms with E-state index in [4.69, 9.17) is 0 Å². The van der Waals surface area contributed by atoms with E-state index in [-0.39, 0.29) is 0 Å². The summed E-state index contributed by atoms with van der Waals surface area (Å²) in [4.78, 5) is 12.7. The molecule has 1 aliphatic rings. The number of hydrogen-bond donors (Lipinski definition) is 0. The van der Waals surface area contributed by atoms with E-state index in [2.05, 4.69) is 10.1 Å². The van der Waals surface area contributed by atoms with Crippen LogP contribution in [0.2, 0.25) is 0 Å². The summed E-state index contributed by atoms with van der Waals surface area (Å²) in [5.74, 6) is 0.360. The molecule has 12 heavy (non-hydrogen) atoms. The molecule has 1 aliphatic heterocycles. The Labute approximate surface area is 70.7 Å². The first-order valence-corrected chi connectivity index (χ1v) is 4.13. The number of ketones is 1. The topological polar surface area (TPSA) is 38.1 Å². The predicted octanol–water partition coefficient (Wildman–Crippen LogP) is 0.184. The molecule has 0 aliphatic carbocycles. The normalized spacial score (nSPS) is 18.3. The van der Waals surface area contributed by atoms with Gasteiger partial charge in [0.25, 0.3) is 0 Å². The van der Waals surface area contributed by atoms with Crippen molar-refractivity contribution in [3.63, 3.8) is 0 Å².